The number of pyridine rings is 1. The number of carbonyl (C=O) groups excluding carboxylic acids is 1. The fraction of sp³-hybridized carbons (Fsp3) is 0.286. The van der Waals surface area contributed by atoms with E-state index < -0.39 is 0 Å². The summed E-state index contributed by atoms with van der Waals surface area (Å²) in [5.41, 5.74) is 3.20. The molecule has 138 valence electrons. The van der Waals surface area contributed by atoms with Gasteiger partial charge in [0.25, 0.3) is 5.91 Å². The zero-order valence-electron chi connectivity index (χ0n) is 15.2. The van der Waals surface area contributed by atoms with Crippen molar-refractivity contribution in [3.8, 4) is 11.3 Å². The first-order valence-electron chi connectivity index (χ1n) is 9.21. The summed E-state index contributed by atoms with van der Waals surface area (Å²) in [5.74, 6) is 0.383. The van der Waals surface area contributed by atoms with Crippen LogP contribution in [-0.4, -0.2) is 29.0 Å². The number of benzene rings is 1. The van der Waals surface area contributed by atoms with E-state index in [1.807, 2.05) is 55.6 Å². The van der Waals surface area contributed by atoms with Crippen LogP contribution < -0.4 is 10.6 Å². The smallest absolute Gasteiger partial charge is 0.259 e. The molecule has 0 atom stereocenters. The van der Waals surface area contributed by atoms with Gasteiger partial charge < -0.3 is 5.32 Å². The second kappa shape index (κ2) is 7.98. The fourth-order valence-electron chi connectivity index (χ4n) is 3.37. The number of hydrogen-bond acceptors (Lipinski definition) is 5. The molecule has 0 aliphatic carbocycles. The van der Waals surface area contributed by atoms with Gasteiger partial charge in [-0.15, -0.1) is 11.3 Å². The molecular weight excluding hydrogens is 356 g/mol. The molecule has 1 saturated heterocycles. The van der Waals surface area contributed by atoms with E-state index in [0.29, 0.717) is 22.3 Å². The maximum absolute atomic E-state index is 12.7. The minimum atomic E-state index is -0.161. The Balaban J connectivity index is 1.47. The van der Waals surface area contributed by atoms with Crippen molar-refractivity contribution < 1.29 is 4.79 Å². The molecule has 5 nitrogen and oxygen atoms in total. The SMILES string of the molecule is Cc1nc(-c2ccccc2)ccc1C(=O)Nc1ncc(C2CCNCC2)s1. The predicted octanol–water partition coefficient (Wildman–Crippen LogP) is 4.23. The number of thiazole rings is 1. The van der Waals surface area contributed by atoms with Crippen molar-refractivity contribution in [3.63, 3.8) is 0 Å². The number of hydrogen-bond donors (Lipinski definition) is 2. The van der Waals surface area contributed by atoms with Crippen LogP contribution in [-0.2, 0) is 0 Å². The Morgan fingerprint density at radius 2 is 1.93 bits per heavy atom. The molecule has 27 heavy (non-hydrogen) atoms. The Kier molecular flexibility index (Phi) is 5.27. The molecule has 0 unspecified atom stereocenters. The van der Waals surface area contributed by atoms with Gasteiger partial charge >= 0.3 is 0 Å². The molecule has 1 fully saturated rings. The molecule has 2 aromatic heterocycles. The number of aryl methyl sites for hydroxylation is 1. The van der Waals surface area contributed by atoms with Gasteiger partial charge in [0.15, 0.2) is 5.13 Å². The number of nitrogens with zero attached hydrogens (tertiary/aromatic N) is 2. The first-order valence-corrected chi connectivity index (χ1v) is 10.0. The molecule has 1 aliphatic rings. The minimum Gasteiger partial charge on any atom is -0.317 e. The third kappa shape index (κ3) is 4.07. The van der Waals surface area contributed by atoms with Gasteiger partial charge in [0.2, 0.25) is 0 Å². The Hall–Kier alpha value is -2.57. The summed E-state index contributed by atoms with van der Waals surface area (Å²) < 4.78 is 0. The summed E-state index contributed by atoms with van der Waals surface area (Å²) in [7, 11) is 0. The number of piperidine rings is 1. The number of nitrogens with one attached hydrogen (secondary N) is 2. The van der Waals surface area contributed by atoms with E-state index in [1.54, 1.807) is 11.3 Å². The highest BCUT2D eigenvalue weighted by Crippen LogP contribution is 2.32. The first-order chi connectivity index (χ1) is 13.2. The number of rotatable bonds is 4. The maximum Gasteiger partial charge on any atom is 0.259 e. The third-order valence-electron chi connectivity index (χ3n) is 4.89. The van der Waals surface area contributed by atoms with Crippen LogP contribution in [0.5, 0.6) is 0 Å². The lowest BCUT2D eigenvalue weighted by Crippen LogP contribution is -2.26. The van der Waals surface area contributed by atoms with Crippen LogP contribution in [0.15, 0.2) is 48.7 Å². The van der Waals surface area contributed by atoms with Crippen LogP contribution in [0.3, 0.4) is 0 Å². The average Bonchev–Trinajstić information content (AvgIpc) is 3.17. The second-order valence-corrected chi connectivity index (χ2v) is 7.80. The third-order valence-corrected chi connectivity index (χ3v) is 5.96. The van der Waals surface area contributed by atoms with Gasteiger partial charge in [-0.05, 0) is 50.9 Å². The maximum atomic E-state index is 12.7. The molecular formula is C21H22N4OS. The molecule has 1 aliphatic heterocycles. The standard InChI is InChI=1S/C21H22N4OS/c1-14-17(7-8-18(24-14)15-5-3-2-4-6-15)20(26)25-21-23-13-19(27-21)16-9-11-22-12-10-16/h2-8,13,16,22H,9-12H2,1H3,(H,23,25,26). The lowest BCUT2D eigenvalue weighted by atomic mass is 9.97. The van der Waals surface area contributed by atoms with Crippen LogP contribution in [0, 0.1) is 6.92 Å². The largest absolute Gasteiger partial charge is 0.317 e. The van der Waals surface area contributed by atoms with Crippen molar-refractivity contribution in [2.24, 2.45) is 0 Å². The normalized spacial score (nSPS) is 14.9. The molecule has 6 heteroatoms. The van der Waals surface area contributed by atoms with Crippen LogP contribution >= 0.6 is 11.3 Å². The summed E-state index contributed by atoms with van der Waals surface area (Å²) in [6, 6.07) is 13.7. The summed E-state index contributed by atoms with van der Waals surface area (Å²) in [5, 5.41) is 6.96. The topological polar surface area (TPSA) is 66.9 Å². The van der Waals surface area contributed by atoms with Gasteiger partial charge in [0.1, 0.15) is 0 Å². The number of anilines is 1. The van der Waals surface area contributed by atoms with E-state index in [-0.39, 0.29) is 5.91 Å². The monoisotopic (exact) mass is 378 g/mol. The average molecular weight is 379 g/mol. The first kappa shape index (κ1) is 17.8. The highest BCUT2D eigenvalue weighted by atomic mass is 32.1. The highest BCUT2D eigenvalue weighted by Gasteiger charge is 2.19. The molecule has 0 spiro atoms. The van der Waals surface area contributed by atoms with Crippen molar-refractivity contribution in [3.05, 3.63) is 64.8 Å². The number of carbonyl (C=O) groups is 1. The van der Waals surface area contributed by atoms with Crippen LogP contribution in [0.1, 0.15) is 39.7 Å². The van der Waals surface area contributed by atoms with Gasteiger partial charge in [-0.3, -0.25) is 15.1 Å². The van der Waals surface area contributed by atoms with Crippen molar-refractivity contribution in [2.75, 3.05) is 18.4 Å². The molecule has 0 bridgehead atoms. The molecule has 3 aromatic rings. The molecule has 3 heterocycles. The van der Waals surface area contributed by atoms with E-state index in [9.17, 15) is 4.79 Å². The number of amides is 1. The lowest BCUT2D eigenvalue weighted by Gasteiger charge is -2.20. The zero-order chi connectivity index (χ0) is 18.6. The molecule has 2 N–H and O–H groups in total. The van der Waals surface area contributed by atoms with E-state index in [1.165, 1.54) is 4.88 Å². The molecule has 1 amide bonds. The fourth-order valence-corrected chi connectivity index (χ4v) is 4.35. The van der Waals surface area contributed by atoms with E-state index >= 15 is 0 Å². The highest BCUT2D eigenvalue weighted by molar-refractivity contribution is 7.15. The van der Waals surface area contributed by atoms with Gasteiger partial charge in [-0.1, -0.05) is 30.3 Å². The van der Waals surface area contributed by atoms with Crippen LogP contribution in [0.2, 0.25) is 0 Å². The second-order valence-electron chi connectivity index (χ2n) is 6.74. The number of aromatic nitrogens is 2. The zero-order valence-corrected chi connectivity index (χ0v) is 16.1. The molecule has 0 radical (unpaired) electrons. The molecule has 4 rings (SSSR count). The van der Waals surface area contributed by atoms with E-state index in [2.05, 4.69) is 20.6 Å². The van der Waals surface area contributed by atoms with Crippen LogP contribution in [0.4, 0.5) is 5.13 Å². The van der Waals surface area contributed by atoms with Crippen molar-refractivity contribution in [1.29, 1.82) is 0 Å². The van der Waals surface area contributed by atoms with Gasteiger partial charge in [-0.2, -0.15) is 0 Å². The molecule has 0 saturated carbocycles. The summed E-state index contributed by atoms with van der Waals surface area (Å²) >= 11 is 1.58. The summed E-state index contributed by atoms with van der Waals surface area (Å²) in [4.78, 5) is 22.9. The van der Waals surface area contributed by atoms with E-state index in [4.69, 9.17) is 0 Å². The van der Waals surface area contributed by atoms with Crippen molar-refractivity contribution >= 4 is 22.4 Å². The van der Waals surface area contributed by atoms with E-state index in [0.717, 1.165) is 37.2 Å². The Labute approximate surface area is 162 Å². The summed E-state index contributed by atoms with van der Waals surface area (Å²) in [6.07, 6.45) is 4.15. The van der Waals surface area contributed by atoms with Crippen LogP contribution in [0.25, 0.3) is 11.3 Å². The molecule has 1 aromatic carbocycles. The quantitative estimate of drug-likeness (QED) is 0.713. The van der Waals surface area contributed by atoms with Gasteiger partial charge in [0.05, 0.1) is 17.0 Å². The Morgan fingerprint density at radius 3 is 2.67 bits per heavy atom. The van der Waals surface area contributed by atoms with Gasteiger partial charge in [0, 0.05) is 16.6 Å². The van der Waals surface area contributed by atoms with Crippen molar-refractivity contribution in [2.45, 2.75) is 25.7 Å². The Bertz CT molecular complexity index is 932. The van der Waals surface area contributed by atoms with Crippen molar-refractivity contribution in [1.82, 2.24) is 15.3 Å². The summed E-state index contributed by atoms with van der Waals surface area (Å²) in [6.45, 7) is 3.95. The van der Waals surface area contributed by atoms with Gasteiger partial charge in [-0.25, -0.2) is 4.98 Å². The predicted molar refractivity (Wildman–Crippen MR) is 109 cm³/mol. The minimum absolute atomic E-state index is 0.161. The lowest BCUT2D eigenvalue weighted by molar-refractivity contribution is 0.102. The Morgan fingerprint density at radius 1 is 1.15 bits per heavy atom.